The summed E-state index contributed by atoms with van der Waals surface area (Å²) in [7, 11) is 0. The van der Waals surface area contributed by atoms with E-state index < -0.39 is 0 Å². The van der Waals surface area contributed by atoms with E-state index in [-0.39, 0.29) is 11.1 Å². The van der Waals surface area contributed by atoms with Gasteiger partial charge in [-0.3, -0.25) is 4.57 Å². The summed E-state index contributed by atoms with van der Waals surface area (Å²) in [6.07, 6.45) is 0. The maximum Gasteiger partial charge on any atom is 0.343 e. The van der Waals surface area contributed by atoms with Crippen LogP contribution in [0.1, 0.15) is 39.1 Å². The minimum atomic E-state index is -0.228. The maximum absolute atomic E-state index is 11.6. The molecule has 2 rings (SSSR count). The number of nitrogens with one attached hydrogen (secondary N) is 1. The number of nitrogens with zero attached hydrogens (tertiary/aromatic N) is 4. The van der Waals surface area contributed by atoms with Crippen LogP contribution in [0.25, 0.3) is 0 Å². The second-order valence-electron chi connectivity index (χ2n) is 5.68. The molecule has 0 atom stereocenters. The van der Waals surface area contributed by atoms with E-state index in [9.17, 15) is 4.79 Å². The Hall–Kier alpha value is -1.34. The molecule has 2 aromatic heterocycles. The summed E-state index contributed by atoms with van der Waals surface area (Å²) in [5, 5.41) is 8.19. The first-order valence-corrected chi connectivity index (χ1v) is 7.81. The highest BCUT2D eigenvalue weighted by atomic mass is 35.5. The first kappa shape index (κ1) is 16.0. The van der Waals surface area contributed by atoms with Crippen LogP contribution in [0.3, 0.4) is 0 Å². The van der Waals surface area contributed by atoms with Gasteiger partial charge in [-0.15, -0.1) is 5.10 Å². The Morgan fingerprint density at radius 3 is 2.57 bits per heavy atom. The van der Waals surface area contributed by atoms with Crippen molar-refractivity contribution in [2.75, 3.05) is 0 Å². The fourth-order valence-electron chi connectivity index (χ4n) is 1.65. The molecule has 0 saturated carbocycles. The van der Waals surface area contributed by atoms with Gasteiger partial charge in [0.15, 0.2) is 5.16 Å². The van der Waals surface area contributed by atoms with Crippen LogP contribution >= 0.6 is 23.4 Å². The lowest BCUT2D eigenvalue weighted by Crippen LogP contribution is -2.18. The molecule has 6 nitrogen and oxygen atoms in total. The van der Waals surface area contributed by atoms with E-state index in [2.05, 4.69) is 20.2 Å². The van der Waals surface area contributed by atoms with Crippen LogP contribution in [0, 0.1) is 6.92 Å². The third kappa shape index (κ3) is 3.29. The summed E-state index contributed by atoms with van der Waals surface area (Å²) in [4.78, 5) is 20.5. The van der Waals surface area contributed by atoms with Crippen LogP contribution in [0.5, 0.6) is 0 Å². The summed E-state index contributed by atoms with van der Waals surface area (Å²) in [5.41, 5.74) is 0.351. The molecule has 114 valence electrons. The third-order valence-electron chi connectivity index (χ3n) is 2.94. The normalized spacial score (nSPS) is 11.9. The number of hydrogen-bond acceptors (Lipinski definition) is 5. The van der Waals surface area contributed by atoms with Gasteiger partial charge in [-0.1, -0.05) is 32.4 Å². The summed E-state index contributed by atoms with van der Waals surface area (Å²) in [5.74, 6) is 0.668. The minimum absolute atomic E-state index is 0.206. The van der Waals surface area contributed by atoms with Gasteiger partial charge < -0.3 is 0 Å². The predicted molar refractivity (Wildman–Crippen MR) is 83.1 cm³/mol. The highest BCUT2D eigenvalue weighted by molar-refractivity contribution is 7.99. The smallest absolute Gasteiger partial charge is 0.270 e. The van der Waals surface area contributed by atoms with Gasteiger partial charge in [0.1, 0.15) is 16.0 Å². The van der Waals surface area contributed by atoms with E-state index in [0.717, 1.165) is 5.56 Å². The van der Waals surface area contributed by atoms with Gasteiger partial charge in [-0.05, 0) is 25.6 Å². The number of rotatable bonds is 3. The molecule has 2 heterocycles. The number of aromatic amines is 1. The molecule has 0 aliphatic carbocycles. The van der Waals surface area contributed by atoms with E-state index in [0.29, 0.717) is 27.7 Å². The van der Waals surface area contributed by atoms with Gasteiger partial charge in [-0.25, -0.2) is 19.9 Å². The highest BCUT2D eigenvalue weighted by Crippen LogP contribution is 2.31. The first-order chi connectivity index (χ1) is 9.74. The van der Waals surface area contributed by atoms with Crippen LogP contribution < -0.4 is 5.69 Å². The zero-order valence-corrected chi connectivity index (χ0v) is 14.3. The number of hydrogen-bond donors (Lipinski definition) is 1. The summed E-state index contributed by atoms with van der Waals surface area (Å²) in [6.45, 7) is 10.4. The van der Waals surface area contributed by atoms with Gasteiger partial charge in [0.2, 0.25) is 0 Å². The topological polar surface area (TPSA) is 76.5 Å². The molecule has 0 aliphatic rings. The molecule has 2 aromatic rings. The van der Waals surface area contributed by atoms with Gasteiger partial charge in [0.05, 0.1) is 0 Å². The molecule has 0 amide bonds. The van der Waals surface area contributed by atoms with Crippen molar-refractivity contribution in [2.24, 2.45) is 0 Å². The Balaban J connectivity index is 2.48. The molecule has 0 bridgehead atoms. The summed E-state index contributed by atoms with van der Waals surface area (Å²) >= 11 is 7.52. The zero-order chi connectivity index (χ0) is 15.8. The van der Waals surface area contributed by atoms with Crippen LogP contribution in [0.2, 0.25) is 5.15 Å². The van der Waals surface area contributed by atoms with E-state index >= 15 is 0 Å². The molecule has 0 fully saturated rings. The predicted octanol–water partition coefficient (Wildman–Crippen LogP) is 2.79. The van der Waals surface area contributed by atoms with Crippen molar-refractivity contribution < 1.29 is 0 Å². The lowest BCUT2D eigenvalue weighted by molar-refractivity contribution is 0.537. The SMILES string of the molecule is CCn1c(Sc2nc(C(C)(C)C)nc(Cl)c2C)n[nH]c1=O. The van der Waals surface area contributed by atoms with Crippen molar-refractivity contribution in [2.45, 2.75) is 56.8 Å². The van der Waals surface area contributed by atoms with E-state index in [1.165, 1.54) is 11.8 Å². The molecule has 0 aliphatic heterocycles. The largest absolute Gasteiger partial charge is 0.343 e. The van der Waals surface area contributed by atoms with E-state index in [4.69, 9.17) is 11.6 Å². The van der Waals surface area contributed by atoms with Crippen molar-refractivity contribution in [1.29, 1.82) is 0 Å². The second kappa shape index (κ2) is 5.81. The molecule has 0 radical (unpaired) electrons. The average Bonchev–Trinajstić information content (AvgIpc) is 2.73. The van der Waals surface area contributed by atoms with Crippen molar-refractivity contribution in [3.63, 3.8) is 0 Å². The standard InChI is InChI=1S/C13H18ClN5OS/c1-6-19-11(20)17-18-12(19)21-9-7(2)8(14)15-10(16-9)13(3,4)5/h6H2,1-5H3,(H,17,20). The highest BCUT2D eigenvalue weighted by Gasteiger charge is 2.22. The fraction of sp³-hybridized carbons (Fsp3) is 0.538. The van der Waals surface area contributed by atoms with Crippen LogP contribution in [-0.2, 0) is 12.0 Å². The molecule has 0 unspecified atom stereocenters. The zero-order valence-electron chi connectivity index (χ0n) is 12.7. The number of aromatic nitrogens is 5. The molecular weight excluding hydrogens is 310 g/mol. The lowest BCUT2D eigenvalue weighted by Gasteiger charge is -2.18. The average molecular weight is 328 g/mol. The van der Waals surface area contributed by atoms with E-state index in [1.54, 1.807) is 4.57 Å². The van der Waals surface area contributed by atoms with Crippen molar-refractivity contribution in [1.82, 2.24) is 24.7 Å². The Morgan fingerprint density at radius 1 is 1.33 bits per heavy atom. The van der Waals surface area contributed by atoms with Gasteiger partial charge in [0, 0.05) is 17.5 Å². The Kier molecular flexibility index (Phi) is 4.43. The second-order valence-corrected chi connectivity index (χ2v) is 6.99. The Morgan fingerprint density at radius 2 is 2.00 bits per heavy atom. The van der Waals surface area contributed by atoms with Gasteiger partial charge in [0.25, 0.3) is 0 Å². The minimum Gasteiger partial charge on any atom is -0.270 e. The maximum atomic E-state index is 11.6. The molecule has 0 spiro atoms. The first-order valence-electron chi connectivity index (χ1n) is 6.61. The molecule has 1 N–H and O–H groups in total. The fourth-order valence-corrected chi connectivity index (χ4v) is 2.85. The monoisotopic (exact) mass is 327 g/mol. The quantitative estimate of drug-likeness (QED) is 0.877. The molecule has 0 saturated heterocycles. The Labute approximate surface area is 132 Å². The molecule has 21 heavy (non-hydrogen) atoms. The van der Waals surface area contributed by atoms with Crippen LogP contribution in [0.4, 0.5) is 0 Å². The molecular formula is C13H18ClN5OS. The third-order valence-corrected chi connectivity index (χ3v) is 4.39. The summed E-state index contributed by atoms with van der Waals surface area (Å²) < 4.78 is 1.55. The lowest BCUT2D eigenvalue weighted by atomic mass is 9.96. The number of halogens is 1. The molecule has 0 aromatic carbocycles. The molecule has 8 heteroatoms. The summed E-state index contributed by atoms with van der Waals surface area (Å²) in [6, 6.07) is 0. The number of H-pyrrole nitrogens is 1. The van der Waals surface area contributed by atoms with Gasteiger partial charge >= 0.3 is 5.69 Å². The van der Waals surface area contributed by atoms with Gasteiger partial charge in [-0.2, -0.15) is 0 Å². The van der Waals surface area contributed by atoms with Crippen LogP contribution in [0.15, 0.2) is 15.0 Å². The van der Waals surface area contributed by atoms with Crippen molar-refractivity contribution in [3.8, 4) is 0 Å². The Bertz CT molecular complexity index is 716. The van der Waals surface area contributed by atoms with Crippen molar-refractivity contribution >= 4 is 23.4 Å². The van der Waals surface area contributed by atoms with Crippen molar-refractivity contribution in [3.05, 3.63) is 27.0 Å². The van der Waals surface area contributed by atoms with Crippen LogP contribution in [-0.4, -0.2) is 24.7 Å². The van der Waals surface area contributed by atoms with E-state index in [1.807, 2.05) is 34.6 Å².